The average molecular weight is 355 g/mol. The minimum absolute atomic E-state index is 0.00725. The van der Waals surface area contributed by atoms with Gasteiger partial charge in [-0.3, -0.25) is 14.5 Å². The predicted molar refractivity (Wildman–Crippen MR) is 99.7 cm³/mol. The number of hydrogen-bond donors (Lipinski definition) is 1. The average Bonchev–Trinajstić information content (AvgIpc) is 2.64. The maximum Gasteiger partial charge on any atom is 0.250 e. The number of nitrogens with zero attached hydrogens (tertiary/aromatic N) is 3. The summed E-state index contributed by atoms with van der Waals surface area (Å²) in [6.45, 7) is 0.769. The number of aliphatic hydroxyl groups excluding tert-OH is 1. The summed E-state index contributed by atoms with van der Waals surface area (Å²) in [4.78, 5) is 28.1. The van der Waals surface area contributed by atoms with E-state index in [1.165, 1.54) is 10.6 Å². The molecule has 2 heterocycles. The number of benzene rings is 1. The first kappa shape index (κ1) is 18.4. The number of likely N-dealkylation sites (N-methyl/N-ethyl adjacent to an activating group) is 1. The Kier molecular flexibility index (Phi) is 5.25. The van der Waals surface area contributed by atoms with Gasteiger partial charge in [0.1, 0.15) is 6.54 Å². The van der Waals surface area contributed by atoms with E-state index in [4.69, 9.17) is 0 Å². The lowest BCUT2D eigenvalue weighted by Crippen LogP contribution is -2.61. The first-order valence-corrected chi connectivity index (χ1v) is 8.79. The van der Waals surface area contributed by atoms with E-state index in [-0.39, 0.29) is 24.6 Å². The van der Waals surface area contributed by atoms with Crippen LogP contribution in [-0.2, 0) is 16.9 Å². The molecule has 26 heavy (non-hydrogen) atoms. The van der Waals surface area contributed by atoms with Crippen LogP contribution >= 0.6 is 0 Å². The van der Waals surface area contributed by atoms with Gasteiger partial charge >= 0.3 is 0 Å². The van der Waals surface area contributed by atoms with Crippen LogP contribution in [0.4, 0.5) is 0 Å². The molecular weight excluding hydrogens is 330 g/mol. The molecule has 138 valence electrons. The molecule has 0 spiro atoms. The van der Waals surface area contributed by atoms with Crippen LogP contribution < -0.4 is 5.56 Å². The second-order valence-electron chi connectivity index (χ2n) is 6.96. The molecule has 6 heteroatoms. The summed E-state index contributed by atoms with van der Waals surface area (Å²) in [6, 6.07) is 14.7. The van der Waals surface area contributed by atoms with Crippen molar-refractivity contribution in [3.05, 3.63) is 70.6 Å². The topological polar surface area (TPSA) is 65.8 Å². The number of carbonyl (C=O) groups is 1. The fourth-order valence-corrected chi connectivity index (χ4v) is 3.83. The van der Waals surface area contributed by atoms with Crippen LogP contribution in [0.2, 0.25) is 0 Å². The van der Waals surface area contributed by atoms with Gasteiger partial charge in [0.15, 0.2) is 0 Å². The molecule has 3 rings (SSSR count). The van der Waals surface area contributed by atoms with Crippen LogP contribution in [0.15, 0.2) is 59.5 Å². The number of hydrogen-bond acceptors (Lipinski definition) is 4. The molecule has 1 saturated heterocycles. The Balaban J connectivity index is 1.78. The highest BCUT2D eigenvalue weighted by Crippen LogP contribution is 2.37. The number of β-amino-alcohol motifs (C(OH)–C–C–N with tert-alkyl or cyclic N) is 1. The number of pyridine rings is 1. The van der Waals surface area contributed by atoms with E-state index >= 15 is 0 Å². The lowest BCUT2D eigenvalue weighted by atomic mass is 9.77. The van der Waals surface area contributed by atoms with Gasteiger partial charge in [-0.2, -0.15) is 0 Å². The van der Waals surface area contributed by atoms with E-state index in [1.54, 1.807) is 23.2 Å². The predicted octanol–water partition coefficient (Wildman–Crippen LogP) is 0.899. The quantitative estimate of drug-likeness (QED) is 0.885. The summed E-state index contributed by atoms with van der Waals surface area (Å²) in [5.74, 6) is -0.155. The van der Waals surface area contributed by atoms with E-state index in [9.17, 15) is 14.7 Å². The zero-order valence-electron chi connectivity index (χ0n) is 15.2. The van der Waals surface area contributed by atoms with Crippen molar-refractivity contribution in [1.29, 1.82) is 0 Å². The lowest BCUT2D eigenvalue weighted by Gasteiger charge is -2.49. The Morgan fingerprint density at radius 3 is 2.50 bits per heavy atom. The summed E-state index contributed by atoms with van der Waals surface area (Å²) >= 11 is 0. The fraction of sp³-hybridized carbons (Fsp3) is 0.400. The minimum Gasteiger partial charge on any atom is -0.389 e. The number of aliphatic hydroxyl groups is 1. The van der Waals surface area contributed by atoms with Crippen molar-refractivity contribution >= 4 is 5.91 Å². The van der Waals surface area contributed by atoms with Gasteiger partial charge in [-0.1, -0.05) is 36.4 Å². The highest BCUT2D eigenvalue weighted by atomic mass is 16.3. The van der Waals surface area contributed by atoms with E-state index in [0.717, 1.165) is 5.56 Å². The van der Waals surface area contributed by atoms with Crippen LogP contribution in [-0.4, -0.2) is 58.7 Å². The van der Waals surface area contributed by atoms with E-state index < -0.39 is 11.6 Å². The van der Waals surface area contributed by atoms with Crippen LogP contribution in [0.3, 0.4) is 0 Å². The van der Waals surface area contributed by atoms with Gasteiger partial charge in [-0.05, 0) is 32.1 Å². The Morgan fingerprint density at radius 2 is 1.88 bits per heavy atom. The molecule has 0 radical (unpaired) electrons. The minimum atomic E-state index is -0.718. The Labute approximate surface area is 153 Å². The number of amides is 1. The highest BCUT2D eigenvalue weighted by molar-refractivity contribution is 5.76. The number of carbonyl (C=O) groups excluding carboxylic acids is 1. The van der Waals surface area contributed by atoms with E-state index in [0.29, 0.717) is 13.0 Å². The van der Waals surface area contributed by atoms with Crippen molar-refractivity contribution < 1.29 is 9.90 Å². The van der Waals surface area contributed by atoms with Gasteiger partial charge in [-0.15, -0.1) is 0 Å². The third-order valence-corrected chi connectivity index (χ3v) is 5.34. The molecule has 1 aliphatic rings. The fourth-order valence-electron chi connectivity index (χ4n) is 3.83. The van der Waals surface area contributed by atoms with Crippen molar-refractivity contribution in [3.63, 3.8) is 0 Å². The van der Waals surface area contributed by atoms with Gasteiger partial charge in [0, 0.05) is 25.4 Å². The molecule has 2 aromatic rings. The van der Waals surface area contributed by atoms with Crippen LogP contribution in [0, 0.1) is 0 Å². The maximum absolute atomic E-state index is 12.6. The number of piperidine rings is 1. The van der Waals surface area contributed by atoms with Crippen molar-refractivity contribution in [2.24, 2.45) is 0 Å². The smallest absolute Gasteiger partial charge is 0.250 e. The van der Waals surface area contributed by atoms with Crippen molar-refractivity contribution in [2.45, 2.75) is 24.6 Å². The zero-order valence-corrected chi connectivity index (χ0v) is 15.2. The largest absolute Gasteiger partial charge is 0.389 e. The van der Waals surface area contributed by atoms with Gasteiger partial charge in [0.2, 0.25) is 5.91 Å². The highest BCUT2D eigenvalue weighted by Gasteiger charge is 2.46. The Bertz CT molecular complexity index is 818. The molecular formula is C20H25N3O3. The molecule has 1 aromatic carbocycles. The third-order valence-electron chi connectivity index (χ3n) is 5.34. The molecule has 1 aliphatic heterocycles. The van der Waals surface area contributed by atoms with Crippen molar-refractivity contribution in [3.8, 4) is 0 Å². The van der Waals surface area contributed by atoms with Gasteiger partial charge in [0.05, 0.1) is 11.6 Å². The van der Waals surface area contributed by atoms with E-state index in [1.807, 2.05) is 49.3 Å². The second-order valence-corrected chi connectivity index (χ2v) is 6.96. The summed E-state index contributed by atoms with van der Waals surface area (Å²) in [5, 5.41) is 11.0. The normalized spacial score (nSPS) is 23.2. The summed E-state index contributed by atoms with van der Waals surface area (Å²) in [5.41, 5.74) is 0.316. The molecule has 2 atom stereocenters. The molecule has 1 fully saturated rings. The van der Waals surface area contributed by atoms with Gasteiger partial charge in [-0.25, -0.2) is 0 Å². The molecule has 1 amide bonds. The van der Waals surface area contributed by atoms with Crippen molar-refractivity contribution in [1.82, 2.24) is 14.4 Å². The molecule has 0 saturated carbocycles. The van der Waals surface area contributed by atoms with Crippen molar-refractivity contribution in [2.75, 3.05) is 27.2 Å². The summed E-state index contributed by atoms with van der Waals surface area (Å²) in [6.07, 6.45) is 1.51. The van der Waals surface area contributed by atoms with Crippen LogP contribution in [0.1, 0.15) is 12.0 Å². The summed E-state index contributed by atoms with van der Waals surface area (Å²) in [7, 11) is 3.91. The molecule has 6 nitrogen and oxygen atoms in total. The van der Waals surface area contributed by atoms with E-state index in [2.05, 4.69) is 0 Å². The SMILES string of the molecule is CN(C)[C@]1(c2ccccc2)CCN(C(=O)Cn2ccccc2=O)C[C@H]1O. The number of likely N-dealkylation sites (tertiary alicyclic amines) is 1. The molecule has 0 aliphatic carbocycles. The lowest BCUT2D eigenvalue weighted by molar-refractivity contribution is -0.141. The zero-order chi connectivity index (χ0) is 18.7. The first-order valence-electron chi connectivity index (χ1n) is 8.79. The molecule has 1 N–H and O–H groups in total. The standard InChI is InChI=1S/C20H25N3O3/c1-21(2)20(16-8-4-3-5-9-16)11-13-23(14-17(20)24)19(26)15-22-12-7-6-10-18(22)25/h3-10,12,17,24H,11,13-15H2,1-2H3/t17-,20+/m1/s1. The van der Waals surface area contributed by atoms with Crippen LogP contribution in [0.5, 0.6) is 0 Å². The van der Waals surface area contributed by atoms with Crippen LogP contribution in [0.25, 0.3) is 0 Å². The third kappa shape index (κ3) is 3.30. The first-order chi connectivity index (χ1) is 12.4. The Morgan fingerprint density at radius 1 is 1.19 bits per heavy atom. The molecule has 0 bridgehead atoms. The maximum atomic E-state index is 12.6. The molecule has 1 aromatic heterocycles. The number of rotatable bonds is 4. The second kappa shape index (κ2) is 7.43. The molecule has 0 unspecified atom stereocenters. The Hall–Kier alpha value is -2.44. The summed E-state index contributed by atoms with van der Waals surface area (Å²) < 4.78 is 1.39. The monoisotopic (exact) mass is 355 g/mol. The van der Waals surface area contributed by atoms with Gasteiger partial charge in [0.25, 0.3) is 5.56 Å². The van der Waals surface area contributed by atoms with Gasteiger partial charge < -0.3 is 14.6 Å². The number of aromatic nitrogens is 1.